The molecule has 2 aromatic carbocycles. The van der Waals surface area contributed by atoms with E-state index in [0.29, 0.717) is 5.78 Å². The summed E-state index contributed by atoms with van der Waals surface area (Å²) in [6.07, 6.45) is 1.52. The molecule has 1 atom stereocenters. The standard InChI is InChI=1S/C22H21N7/c1-3-28-19-12-8-7-11-17(19)26-21(28)15(2)25-20-13-18(16-9-5-4-6-10-16)27-22-23-14-24-29(20)22/h4-15,25H,3H2,1-2H3. The first-order chi connectivity index (χ1) is 14.2. The lowest BCUT2D eigenvalue weighted by Gasteiger charge is -2.17. The second-order valence-electron chi connectivity index (χ2n) is 6.93. The fourth-order valence-corrected chi connectivity index (χ4v) is 3.72. The topological polar surface area (TPSA) is 72.9 Å². The average Bonchev–Trinajstić information content (AvgIpc) is 3.38. The summed E-state index contributed by atoms with van der Waals surface area (Å²) in [6, 6.07) is 20.3. The third-order valence-corrected chi connectivity index (χ3v) is 5.07. The molecule has 3 aromatic heterocycles. The molecule has 0 saturated heterocycles. The zero-order chi connectivity index (χ0) is 19.8. The molecule has 0 bridgehead atoms. The summed E-state index contributed by atoms with van der Waals surface area (Å²) < 4.78 is 3.96. The summed E-state index contributed by atoms with van der Waals surface area (Å²) in [6.45, 7) is 5.10. The third-order valence-electron chi connectivity index (χ3n) is 5.07. The Hall–Kier alpha value is -3.74. The molecule has 0 amide bonds. The Bertz CT molecular complexity index is 1290. The van der Waals surface area contributed by atoms with Gasteiger partial charge in [-0.05, 0) is 26.0 Å². The van der Waals surface area contributed by atoms with Crippen LogP contribution in [0.15, 0.2) is 67.0 Å². The van der Waals surface area contributed by atoms with Gasteiger partial charge in [-0.25, -0.2) is 9.97 Å². The maximum atomic E-state index is 4.87. The van der Waals surface area contributed by atoms with Gasteiger partial charge in [0.05, 0.1) is 22.8 Å². The van der Waals surface area contributed by atoms with Crippen LogP contribution in [-0.2, 0) is 6.54 Å². The largest absolute Gasteiger partial charge is 0.360 e. The SMILES string of the molecule is CCn1c(C(C)Nc2cc(-c3ccccc3)nc3ncnn23)nc2ccccc21. The van der Waals surface area contributed by atoms with Gasteiger partial charge in [0, 0.05) is 18.2 Å². The Morgan fingerprint density at radius 1 is 1.00 bits per heavy atom. The number of hydrogen-bond acceptors (Lipinski definition) is 5. The summed E-state index contributed by atoms with van der Waals surface area (Å²) in [5.41, 5.74) is 4.03. The molecular formula is C22H21N7. The van der Waals surface area contributed by atoms with E-state index in [9.17, 15) is 0 Å². The van der Waals surface area contributed by atoms with Crippen LogP contribution in [0.5, 0.6) is 0 Å². The van der Waals surface area contributed by atoms with Gasteiger partial charge in [-0.1, -0.05) is 42.5 Å². The van der Waals surface area contributed by atoms with Gasteiger partial charge >= 0.3 is 0 Å². The molecule has 1 unspecified atom stereocenters. The van der Waals surface area contributed by atoms with Crippen LogP contribution < -0.4 is 5.32 Å². The number of nitrogens with one attached hydrogen (secondary N) is 1. The van der Waals surface area contributed by atoms with Crippen LogP contribution in [0.3, 0.4) is 0 Å². The van der Waals surface area contributed by atoms with Crippen LogP contribution in [0.4, 0.5) is 5.82 Å². The quantitative estimate of drug-likeness (QED) is 0.489. The number of para-hydroxylation sites is 2. The summed E-state index contributed by atoms with van der Waals surface area (Å²) >= 11 is 0. The first-order valence-corrected chi connectivity index (χ1v) is 9.72. The van der Waals surface area contributed by atoms with E-state index in [-0.39, 0.29) is 6.04 Å². The molecule has 0 spiro atoms. The van der Waals surface area contributed by atoms with E-state index in [2.05, 4.69) is 44.9 Å². The van der Waals surface area contributed by atoms with Crippen LogP contribution in [0.1, 0.15) is 25.7 Å². The maximum absolute atomic E-state index is 4.87. The van der Waals surface area contributed by atoms with Crippen LogP contribution in [0.2, 0.25) is 0 Å². The van der Waals surface area contributed by atoms with Crippen molar-refractivity contribution in [2.24, 2.45) is 0 Å². The number of nitrogens with zero attached hydrogens (tertiary/aromatic N) is 6. The first kappa shape index (κ1) is 17.4. The fraction of sp³-hybridized carbons (Fsp3) is 0.182. The van der Waals surface area contributed by atoms with Gasteiger partial charge in [-0.3, -0.25) is 0 Å². The van der Waals surface area contributed by atoms with E-state index < -0.39 is 0 Å². The molecule has 29 heavy (non-hydrogen) atoms. The van der Waals surface area contributed by atoms with Crippen molar-refractivity contribution in [3.8, 4) is 11.3 Å². The Balaban J connectivity index is 1.57. The molecule has 0 aliphatic carbocycles. The Morgan fingerprint density at radius 2 is 1.79 bits per heavy atom. The van der Waals surface area contributed by atoms with Crippen molar-refractivity contribution >= 4 is 22.6 Å². The van der Waals surface area contributed by atoms with E-state index in [4.69, 9.17) is 4.98 Å². The number of anilines is 1. The van der Waals surface area contributed by atoms with Gasteiger partial charge in [-0.15, -0.1) is 0 Å². The molecule has 5 aromatic rings. The molecule has 0 saturated carbocycles. The third kappa shape index (κ3) is 3.00. The second kappa shape index (κ2) is 7.01. The smallest absolute Gasteiger partial charge is 0.254 e. The number of hydrogen-bond donors (Lipinski definition) is 1. The summed E-state index contributed by atoms with van der Waals surface area (Å²) in [5.74, 6) is 2.37. The minimum absolute atomic E-state index is 0.0271. The van der Waals surface area contributed by atoms with E-state index >= 15 is 0 Å². The van der Waals surface area contributed by atoms with E-state index in [1.807, 2.05) is 54.6 Å². The normalized spacial score (nSPS) is 12.5. The highest BCUT2D eigenvalue weighted by Gasteiger charge is 2.18. The minimum atomic E-state index is -0.0271. The van der Waals surface area contributed by atoms with Crippen molar-refractivity contribution in [2.75, 3.05) is 5.32 Å². The Labute approximate surface area is 168 Å². The van der Waals surface area contributed by atoms with Gasteiger partial charge in [-0.2, -0.15) is 14.6 Å². The van der Waals surface area contributed by atoms with Crippen molar-refractivity contribution in [1.29, 1.82) is 0 Å². The fourth-order valence-electron chi connectivity index (χ4n) is 3.72. The van der Waals surface area contributed by atoms with Gasteiger partial charge in [0.2, 0.25) is 0 Å². The Kier molecular flexibility index (Phi) is 4.20. The molecule has 0 fully saturated rings. The zero-order valence-corrected chi connectivity index (χ0v) is 16.3. The van der Waals surface area contributed by atoms with Crippen molar-refractivity contribution in [3.05, 3.63) is 72.8 Å². The zero-order valence-electron chi connectivity index (χ0n) is 16.3. The summed E-state index contributed by atoms with van der Waals surface area (Å²) in [7, 11) is 0. The minimum Gasteiger partial charge on any atom is -0.360 e. The van der Waals surface area contributed by atoms with E-state index in [1.54, 1.807) is 4.52 Å². The van der Waals surface area contributed by atoms with Crippen molar-refractivity contribution in [3.63, 3.8) is 0 Å². The monoisotopic (exact) mass is 383 g/mol. The molecule has 3 heterocycles. The van der Waals surface area contributed by atoms with Gasteiger partial charge in [0.1, 0.15) is 18.0 Å². The van der Waals surface area contributed by atoms with Crippen LogP contribution >= 0.6 is 0 Å². The lowest BCUT2D eigenvalue weighted by molar-refractivity contribution is 0.670. The summed E-state index contributed by atoms with van der Waals surface area (Å²) in [4.78, 5) is 13.8. The number of benzene rings is 2. The molecule has 7 nitrogen and oxygen atoms in total. The van der Waals surface area contributed by atoms with Crippen LogP contribution in [0, 0.1) is 0 Å². The van der Waals surface area contributed by atoms with Gasteiger partial charge in [0.15, 0.2) is 0 Å². The van der Waals surface area contributed by atoms with Gasteiger partial charge < -0.3 is 9.88 Å². The maximum Gasteiger partial charge on any atom is 0.254 e. The molecule has 0 radical (unpaired) electrons. The predicted octanol–water partition coefficient (Wildman–Crippen LogP) is 4.33. The van der Waals surface area contributed by atoms with E-state index in [1.165, 1.54) is 6.33 Å². The number of aryl methyl sites for hydroxylation is 1. The highest BCUT2D eigenvalue weighted by molar-refractivity contribution is 5.76. The van der Waals surface area contributed by atoms with Gasteiger partial charge in [0.25, 0.3) is 5.78 Å². The number of aromatic nitrogens is 6. The molecule has 5 rings (SSSR count). The number of imidazole rings is 1. The van der Waals surface area contributed by atoms with E-state index in [0.717, 1.165) is 40.5 Å². The van der Waals surface area contributed by atoms with Crippen LogP contribution in [-0.4, -0.2) is 29.1 Å². The second-order valence-corrected chi connectivity index (χ2v) is 6.93. The summed E-state index contributed by atoms with van der Waals surface area (Å²) in [5, 5.41) is 7.91. The average molecular weight is 383 g/mol. The number of fused-ring (bicyclic) bond motifs is 2. The lowest BCUT2D eigenvalue weighted by Crippen LogP contribution is -2.16. The molecule has 144 valence electrons. The highest BCUT2D eigenvalue weighted by Crippen LogP contribution is 2.26. The van der Waals surface area contributed by atoms with Crippen molar-refractivity contribution in [2.45, 2.75) is 26.4 Å². The molecule has 0 aliphatic rings. The van der Waals surface area contributed by atoms with Crippen molar-refractivity contribution < 1.29 is 0 Å². The first-order valence-electron chi connectivity index (χ1n) is 9.72. The number of rotatable bonds is 5. The molecular weight excluding hydrogens is 362 g/mol. The Morgan fingerprint density at radius 3 is 2.62 bits per heavy atom. The molecule has 0 aliphatic heterocycles. The molecule has 7 heteroatoms. The highest BCUT2D eigenvalue weighted by atomic mass is 15.4. The lowest BCUT2D eigenvalue weighted by atomic mass is 10.1. The predicted molar refractivity (Wildman–Crippen MR) is 114 cm³/mol. The van der Waals surface area contributed by atoms with Crippen LogP contribution in [0.25, 0.3) is 28.1 Å². The van der Waals surface area contributed by atoms with Crippen molar-refractivity contribution in [1.82, 2.24) is 29.1 Å². The molecule has 1 N–H and O–H groups in total.